The van der Waals surface area contributed by atoms with Crippen LogP contribution in [0, 0.1) is 5.82 Å². The predicted molar refractivity (Wildman–Crippen MR) is 80.1 cm³/mol. The lowest BCUT2D eigenvalue weighted by Crippen LogP contribution is -2.54. The average molecular weight is 296 g/mol. The zero-order chi connectivity index (χ0) is 14.6. The lowest BCUT2D eigenvalue weighted by atomic mass is 9.95. The van der Waals surface area contributed by atoms with Crippen LogP contribution in [0.3, 0.4) is 0 Å². The minimum absolute atomic E-state index is 0.218. The van der Waals surface area contributed by atoms with E-state index in [1.54, 1.807) is 23.9 Å². The summed E-state index contributed by atoms with van der Waals surface area (Å²) < 4.78 is 12.8. The van der Waals surface area contributed by atoms with E-state index in [-0.39, 0.29) is 11.7 Å². The number of benzene rings is 1. The number of nitrogens with two attached hydrogens (primary N) is 1. The van der Waals surface area contributed by atoms with Crippen molar-refractivity contribution in [2.75, 3.05) is 5.75 Å². The second kappa shape index (κ2) is 6.59. The fourth-order valence-electron chi connectivity index (χ4n) is 2.09. The molecule has 1 aromatic rings. The molecule has 1 aromatic carbocycles. The summed E-state index contributed by atoms with van der Waals surface area (Å²) in [4.78, 5) is 12.6. The van der Waals surface area contributed by atoms with Gasteiger partial charge in [-0.15, -0.1) is 11.8 Å². The van der Waals surface area contributed by atoms with Gasteiger partial charge in [-0.05, 0) is 62.6 Å². The second-order valence-electron chi connectivity index (χ2n) is 5.52. The number of primary amides is 1. The van der Waals surface area contributed by atoms with Crippen LogP contribution >= 0.6 is 11.8 Å². The van der Waals surface area contributed by atoms with E-state index < -0.39 is 5.54 Å². The van der Waals surface area contributed by atoms with E-state index in [1.165, 1.54) is 12.1 Å². The first-order valence-corrected chi connectivity index (χ1v) is 7.94. The summed E-state index contributed by atoms with van der Waals surface area (Å²) in [5.74, 6) is 0.390. The summed E-state index contributed by atoms with van der Waals surface area (Å²) in [6, 6.07) is 6.93. The van der Waals surface area contributed by atoms with Crippen molar-refractivity contribution < 1.29 is 9.18 Å². The number of thioether (sulfide) groups is 1. The van der Waals surface area contributed by atoms with Crippen LogP contribution in [0.15, 0.2) is 29.2 Å². The minimum Gasteiger partial charge on any atom is -0.368 e. The van der Waals surface area contributed by atoms with Crippen molar-refractivity contribution >= 4 is 17.7 Å². The summed E-state index contributed by atoms with van der Waals surface area (Å²) in [6.07, 6.45) is 3.88. The molecule has 1 aliphatic rings. The predicted octanol–water partition coefficient (Wildman–Crippen LogP) is 2.69. The standard InChI is InChI=1S/C15H21FN2OS/c1-15(14(17)19,18-12-5-6-12)9-2-10-20-13-7-3-11(16)4-8-13/h3-4,7-8,12,18H,2,5-6,9-10H2,1H3,(H2,17,19). The number of rotatable bonds is 8. The van der Waals surface area contributed by atoms with Crippen LogP contribution < -0.4 is 11.1 Å². The largest absolute Gasteiger partial charge is 0.368 e. The summed E-state index contributed by atoms with van der Waals surface area (Å²) in [5.41, 5.74) is 4.90. The molecule has 0 bridgehead atoms. The van der Waals surface area contributed by atoms with Gasteiger partial charge < -0.3 is 11.1 Å². The lowest BCUT2D eigenvalue weighted by molar-refractivity contribution is -0.124. The SMILES string of the molecule is CC(CCCSc1ccc(F)cc1)(NC1CC1)C(N)=O. The molecule has 1 amide bonds. The Labute approximate surface area is 123 Å². The number of hydrogen-bond donors (Lipinski definition) is 2. The molecule has 110 valence electrons. The first-order chi connectivity index (χ1) is 9.49. The normalized spacial score (nSPS) is 17.7. The molecular formula is C15H21FN2OS. The van der Waals surface area contributed by atoms with Gasteiger partial charge >= 0.3 is 0 Å². The van der Waals surface area contributed by atoms with Crippen molar-refractivity contribution in [2.45, 2.75) is 49.1 Å². The number of carbonyl (C=O) groups is 1. The molecule has 1 fully saturated rings. The molecule has 0 heterocycles. The van der Waals surface area contributed by atoms with E-state index >= 15 is 0 Å². The molecule has 0 aromatic heterocycles. The molecule has 3 N–H and O–H groups in total. The van der Waals surface area contributed by atoms with Crippen LogP contribution in [-0.4, -0.2) is 23.2 Å². The van der Waals surface area contributed by atoms with Gasteiger partial charge in [-0.25, -0.2) is 4.39 Å². The number of halogens is 1. The Bertz CT molecular complexity index is 461. The highest BCUT2D eigenvalue weighted by Crippen LogP contribution is 2.26. The zero-order valence-electron chi connectivity index (χ0n) is 11.7. The van der Waals surface area contributed by atoms with Gasteiger partial charge in [0.15, 0.2) is 0 Å². The summed E-state index contributed by atoms with van der Waals surface area (Å²) >= 11 is 1.67. The maximum Gasteiger partial charge on any atom is 0.237 e. The quantitative estimate of drug-likeness (QED) is 0.573. The Morgan fingerprint density at radius 3 is 2.65 bits per heavy atom. The Kier molecular flexibility index (Phi) is 5.05. The van der Waals surface area contributed by atoms with Crippen LogP contribution in [0.5, 0.6) is 0 Å². The van der Waals surface area contributed by atoms with Crippen LogP contribution in [0.25, 0.3) is 0 Å². The van der Waals surface area contributed by atoms with E-state index in [1.807, 2.05) is 6.92 Å². The van der Waals surface area contributed by atoms with Gasteiger partial charge in [0.1, 0.15) is 5.82 Å². The molecule has 5 heteroatoms. The van der Waals surface area contributed by atoms with Crippen molar-refractivity contribution in [2.24, 2.45) is 5.73 Å². The maximum absolute atomic E-state index is 12.8. The van der Waals surface area contributed by atoms with Gasteiger partial charge in [0.2, 0.25) is 5.91 Å². The average Bonchev–Trinajstić information content (AvgIpc) is 3.20. The molecule has 1 saturated carbocycles. The highest BCUT2D eigenvalue weighted by Gasteiger charge is 2.36. The summed E-state index contributed by atoms with van der Waals surface area (Å²) in [7, 11) is 0. The van der Waals surface area contributed by atoms with Crippen LogP contribution in [0.4, 0.5) is 4.39 Å². The molecule has 20 heavy (non-hydrogen) atoms. The Balaban J connectivity index is 1.75. The smallest absolute Gasteiger partial charge is 0.237 e. The van der Waals surface area contributed by atoms with E-state index in [0.717, 1.165) is 36.3 Å². The monoisotopic (exact) mass is 296 g/mol. The first-order valence-electron chi connectivity index (χ1n) is 6.95. The van der Waals surface area contributed by atoms with Gasteiger partial charge in [0.05, 0.1) is 5.54 Å². The van der Waals surface area contributed by atoms with E-state index in [4.69, 9.17) is 5.73 Å². The molecule has 0 spiro atoms. The van der Waals surface area contributed by atoms with E-state index in [2.05, 4.69) is 5.32 Å². The molecule has 0 aliphatic heterocycles. The fraction of sp³-hybridized carbons (Fsp3) is 0.533. The maximum atomic E-state index is 12.8. The second-order valence-corrected chi connectivity index (χ2v) is 6.69. The van der Waals surface area contributed by atoms with Crippen molar-refractivity contribution in [1.82, 2.24) is 5.32 Å². The number of nitrogens with one attached hydrogen (secondary N) is 1. The third-order valence-electron chi connectivity index (χ3n) is 3.55. The number of amides is 1. The number of hydrogen-bond acceptors (Lipinski definition) is 3. The van der Waals surface area contributed by atoms with Crippen LogP contribution in [0.2, 0.25) is 0 Å². The molecule has 2 rings (SSSR count). The van der Waals surface area contributed by atoms with Crippen LogP contribution in [0.1, 0.15) is 32.6 Å². The van der Waals surface area contributed by atoms with Gasteiger partial charge in [-0.2, -0.15) is 0 Å². The molecule has 1 atom stereocenters. The van der Waals surface area contributed by atoms with Crippen molar-refractivity contribution in [3.63, 3.8) is 0 Å². The summed E-state index contributed by atoms with van der Waals surface area (Å²) in [5, 5.41) is 3.34. The Hall–Kier alpha value is -1.07. The van der Waals surface area contributed by atoms with Gasteiger partial charge in [-0.3, -0.25) is 4.79 Å². The van der Waals surface area contributed by atoms with Crippen molar-refractivity contribution in [1.29, 1.82) is 0 Å². The molecule has 1 aliphatic carbocycles. The van der Waals surface area contributed by atoms with Crippen molar-refractivity contribution in [3.05, 3.63) is 30.1 Å². The third-order valence-corrected chi connectivity index (χ3v) is 4.65. The molecule has 0 radical (unpaired) electrons. The highest BCUT2D eigenvalue weighted by atomic mass is 32.2. The topological polar surface area (TPSA) is 55.1 Å². The third kappa shape index (κ3) is 4.49. The van der Waals surface area contributed by atoms with E-state index in [9.17, 15) is 9.18 Å². The molecule has 3 nitrogen and oxygen atoms in total. The minimum atomic E-state index is -0.607. The number of carbonyl (C=O) groups excluding carboxylic acids is 1. The van der Waals surface area contributed by atoms with E-state index in [0.29, 0.717) is 6.04 Å². The van der Waals surface area contributed by atoms with Crippen LogP contribution in [-0.2, 0) is 4.79 Å². The Morgan fingerprint density at radius 1 is 1.45 bits per heavy atom. The first kappa shape index (κ1) is 15.3. The fourth-order valence-corrected chi connectivity index (χ4v) is 2.94. The zero-order valence-corrected chi connectivity index (χ0v) is 12.5. The Morgan fingerprint density at radius 2 is 2.10 bits per heavy atom. The molecular weight excluding hydrogens is 275 g/mol. The lowest BCUT2D eigenvalue weighted by Gasteiger charge is -2.27. The summed E-state index contributed by atoms with van der Waals surface area (Å²) in [6.45, 7) is 1.89. The highest BCUT2D eigenvalue weighted by molar-refractivity contribution is 7.99. The molecule has 1 unspecified atom stereocenters. The van der Waals surface area contributed by atoms with Gasteiger partial charge in [0.25, 0.3) is 0 Å². The van der Waals surface area contributed by atoms with Crippen molar-refractivity contribution in [3.8, 4) is 0 Å². The van der Waals surface area contributed by atoms with Gasteiger partial charge in [0, 0.05) is 10.9 Å². The van der Waals surface area contributed by atoms with Gasteiger partial charge in [-0.1, -0.05) is 0 Å². The molecule has 0 saturated heterocycles.